The lowest BCUT2D eigenvalue weighted by Crippen LogP contribution is -2.27. The van der Waals surface area contributed by atoms with E-state index < -0.39 is 11.6 Å². The Bertz CT molecular complexity index is 609. The van der Waals surface area contributed by atoms with E-state index in [9.17, 15) is 9.59 Å². The molecule has 0 spiro atoms. The number of nitrogens with zero attached hydrogens (tertiary/aromatic N) is 1. The minimum Gasteiger partial charge on any atom is -0.464 e. The van der Waals surface area contributed by atoms with E-state index in [0.717, 1.165) is 23.0 Å². The number of halogens is 1. The van der Waals surface area contributed by atoms with Gasteiger partial charge in [-0.05, 0) is 67.1 Å². The van der Waals surface area contributed by atoms with E-state index in [1.165, 1.54) is 26.4 Å². The van der Waals surface area contributed by atoms with Gasteiger partial charge in [0.1, 0.15) is 17.8 Å². The molecule has 1 saturated carbocycles. The van der Waals surface area contributed by atoms with Gasteiger partial charge in [-0.1, -0.05) is 19.3 Å². The zero-order valence-electron chi connectivity index (χ0n) is 14.9. The Morgan fingerprint density at radius 1 is 1.25 bits per heavy atom. The van der Waals surface area contributed by atoms with Gasteiger partial charge in [0.05, 0.1) is 11.7 Å². The average Bonchev–Trinajstić information content (AvgIpc) is 2.83. The number of esters is 2. The number of hydrogen-bond acceptors (Lipinski definition) is 4. The number of ether oxygens (including phenoxy) is 2. The molecule has 134 valence electrons. The summed E-state index contributed by atoms with van der Waals surface area (Å²) in [6.07, 6.45) is 5.87. The molecule has 24 heavy (non-hydrogen) atoms. The fraction of sp³-hybridized carbons (Fsp3) is 0.667. The van der Waals surface area contributed by atoms with Crippen LogP contribution >= 0.6 is 15.9 Å². The van der Waals surface area contributed by atoms with Crippen molar-refractivity contribution < 1.29 is 19.1 Å². The summed E-state index contributed by atoms with van der Waals surface area (Å²) in [5.74, 6) is -0.406. The maximum atomic E-state index is 12.2. The summed E-state index contributed by atoms with van der Waals surface area (Å²) in [6.45, 7) is 5.45. The quantitative estimate of drug-likeness (QED) is 0.702. The predicted octanol–water partition coefficient (Wildman–Crippen LogP) is 4.43. The molecular weight excluding hydrogens is 374 g/mol. The molecule has 0 saturated heterocycles. The van der Waals surface area contributed by atoms with Crippen molar-refractivity contribution in [2.45, 2.75) is 70.9 Å². The van der Waals surface area contributed by atoms with Crippen molar-refractivity contribution in [3.8, 4) is 0 Å². The molecule has 1 aliphatic carbocycles. The molecule has 1 aromatic heterocycles. The van der Waals surface area contributed by atoms with Crippen LogP contribution in [0.1, 0.15) is 74.8 Å². The van der Waals surface area contributed by atoms with Crippen LogP contribution in [-0.4, -0.2) is 29.2 Å². The number of carbonyl (C=O) groups excluding carboxylic acids is 2. The van der Waals surface area contributed by atoms with Gasteiger partial charge in [-0.3, -0.25) is 4.79 Å². The van der Waals surface area contributed by atoms with Gasteiger partial charge in [0.2, 0.25) is 0 Å². The Labute approximate surface area is 151 Å². The van der Waals surface area contributed by atoms with Gasteiger partial charge in [0, 0.05) is 0 Å². The fourth-order valence-corrected chi connectivity index (χ4v) is 3.93. The molecular formula is C18H26BrNO4. The van der Waals surface area contributed by atoms with E-state index in [1.807, 2.05) is 26.8 Å². The van der Waals surface area contributed by atoms with Gasteiger partial charge >= 0.3 is 11.9 Å². The number of hydrogen-bond donors (Lipinski definition) is 0. The van der Waals surface area contributed by atoms with E-state index >= 15 is 0 Å². The first-order valence-electron chi connectivity index (χ1n) is 8.42. The van der Waals surface area contributed by atoms with Crippen LogP contribution in [0.15, 0.2) is 10.7 Å². The van der Waals surface area contributed by atoms with Crippen molar-refractivity contribution >= 4 is 27.9 Å². The highest BCUT2D eigenvalue weighted by molar-refractivity contribution is 9.10. The second kappa shape index (κ2) is 7.72. The van der Waals surface area contributed by atoms with Crippen LogP contribution in [0.3, 0.4) is 0 Å². The fourth-order valence-electron chi connectivity index (χ4n) is 3.18. The predicted molar refractivity (Wildman–Crippen MR) is 95.1 cm³/mol. The minimum atomic E-state index is -0.561. The lowest BCUT2D eigenvalue weighted by Gasteiger charge is -2.22. The molecule has 0 unspecified atom stereocenters. The van der Waals surface area contributed by atoms with E-state index in [0.29, 0.717) is 11.6 Å². The number of aromatic nitrogens is 1. The molecule has 0 aliphatic heterocycles. The van der Waals surface area contributed by atoms with Crippen molar-refractivity contribution in [2.24, 2.45) is 0 Å². The SMILES string of the molecule is COC(=O)c1cc(C2CCCCC2)c(Br)n1CC(=O)OC(C)(C)C. The van der Waals surface area contributed by atoms with Crippen LogP contribution < -0.4 is 0 Å². The third-order valence-corrected chi connectivity index (χ3v) is 5.09. The summed E-state index contributed by atoms with van der Waals surface area (Å²) in [5.41, 5.74) is 0.906. The highest BCUT2D eigenvalue weighted by Crippen LogP contribution is 2.38. The molecule has 0 amide bonds. The second-order valence-electron chi connectivity index (χ2n) is 7.27. The first kappa shape index (κ1) is 19.0. The summed E-state index contributed by atoms with van der Waals surface area (Å²) in [6, 6.07) is 1.86. The van der Waals surface area contributed by atoms with Gasteiger partial charge in [-0.2, -0.15) is 0 Å². The Morgan fingerprint density at radius 3 is 2.42 bits per heavy atom. The van der Waals surface area contributed by atoms with Gasteiger partial charge < -0.3 is 14.0 Å². The lowest BCUT2D eigenvalue weighted by atomic mass is 9.85. The number of carbonyl (C=O) groups is 2. The number of rotatable bonds is 4. The number of methoxy groups -OCH3 is 1. The smallest absolute Gasteiger partial charge is 0.354 e. The van der Waals surface area contributed by atoms with Crippen LogP contribution in [0, 0.1) is 0 Å². The molecule has 1 heterocycles. The summed E-state index contributed by atoms with van der Waals surface area (Å²) in [5, 5.41) is 0. The van der Waals surface area contributed by atoms with Gasteiger partial charge in [-0.15, -0.1) is 0 Å². The van der Waals surface area contributed by atoms with E-state index in [1.54, 1.807) is 4.57 Å². The molecule has 1 aromatic rings. The van der Waals surface area contributed by atoms with Crippen molar-refractivity contribution in [2.75, 3.05) is 7.11 Å². The molecule has 1 aliphatic rings. The van der Waals surface area contributed by atoms with Crippen molar-refractivity contribution in [3.63, 3.8) is 0 Å². The normalized spacial score (nSPS) is 16.0. The van der Waals surface area contributed by atoms with Crippen molar-refractivity contribution in [1.29, 1.82) is 0 Å². The second-order valence-corrected chi connectivity index (χ2v) is 8.03. The third kappa shape index (κ3) is 4.62. The minimum absolute atomic E-state index is 0.0188. The van der Waals surface area contributed by atoms with E-state index in [4.69, 9.17) is 9.47 Å². The van der Waals surface area contributed by atoms with Crippen LogP contribution in [0.25, 0.3) is 0 Å². The first-order valence-corrected chi connectivity index (χ1v) is 9.21. The van der Waals surface area contributed by atoms with Crippen LogP contribution in [0.5, 0.6) is 0 Å². The molecule has 0 aromatic carbocycles. The molecule has 5 nitrogen and oxygen atoms in total. The van der Waals surface area contributed by atoms with Crippen molar-refractivity contribution in [1.82, 2.24) is 4.57 Å². The summed E-state index contributed by atoms with van der Waals surface area (Å²) in [4.78, 5) is 24.3. The maximum absolute atomic E-state index is 12.2. The van der Waals surface area contributed by atoms with Crippen LogP contribution in [0.4, 0.5) is 0 Å². The van der Waals surface area contributed by atoms with E-state index in [2.05, 4.69) is 15.9 Å². The zero-order valence-corrected chi connectivity index (χ0v) is 16.4. The standard InChI is InChI=1S/C18H26BrNO4/c1-18(2,3)24-15(21)11-20-14(17(22)23-4)10-13(16(20)19)12-8-6-5-7-9-12/h10,12H,5-9,11H2,1-4H3. The molecule has 0 radical (unpaired) electrons. The summed E-state index contributed by atoms with van der Waals surface area (Å²) < 4.78 is 12.7. The Kier molecular flexibility index (Phi) is 6.12. The Morgan fingerprint density at radius 2 is 1.88 bits per heavy atom. The zero-order chi connectivity index (χ0) is 17.9. The maximum Gasteiger partial charge on any atom is 0.354 e. The Balaban J connectivity index is 2.31. The lowest BCUT2D eigenvalue weighted by molar-refractivity contribution is -0.155. The van der Waals surface area contributed by atoms with Crippen LogP contribution in [-0.2, 0) is 20.8 Å². The topological polar surface area (TPSA) is 57.5 Å². The van der Waals surface area contributed by atoms with E-state index in [-0.39, 0.29) is 12.5 Å². The summed E-state index contributed by atoms with van der Waals surface area (Å²) >= 11 is 3.59. The molecule has 2 rings (SSSR count). The highest BCUT2D eigenvalue weighted by atomic mass is 79.9. The third-order valence-electron chi connectivity index (χ3n) is 4.20. The molecule has 0 bridgehead atoms. The first-order chi connectivity index (χ1) is 11.2. The highest BCUT2D eigenvalue weighted by Gasteiger charge is 2.27. The largest absolute Gasteiger partial charge is 0.464 e. The molecule has 0 N–H and O–H groups in total. The average molecular weight is 400 g/mol. The van der Waals surface area contributed by atoms with Gasteiger partial charge in [0.15, 0.2) is 0 Å². The van der Waals surface area contributed by atoms with Gasteiger partial charge in [0.25, 0.3) is 0 Å². The Hall–Kier alpha value is -1.30. The molecule has 1 fully saturated rings. The summed E-state index contributed by atoms with van der Waals surface area (Å²) in [7, 11) is 1.35. The molecule has 6 heteroatoms. The molecule has 0 atom stereocenters. The van der Waals surface area contributed by atoms with Gasteiger partial charge in [-0.25, -0.2) is 4.79 Å². The monoisotopic (exact) mass is 399 g/mol. The van der Waals surface area contributed by atoms with Crippen molar-refractivity contribution in [3.05, 3.63) is 21.9 Å². The van der Waals surface area contributed by atoms with Crippen LogP contribution in [0.2, 0.25) is 0 Å².